The summed E-state index contributed by atoms with van der Waals surface area (Å²) in [5.74, 6) is -0.414. The van der Waals surface area contributed by atoms with Gasteiger partial charge in [0.05, 0.1) is 6.61 Å². The number of rotatable bonds is 45. The van der Waals surface area contributed by atoms with Gasteiger partial charge in [-0.05, 0) is 77.0 Å². The molecule has 58 heavy (non-hydrogen) atoms. The van der Waals surface area contributed by atoms with E-state index >= 15 is 0 Å². The summed E-state index contributed by atoms with van der Waals surface area (Å²) in [6, 6.07) is 0. The van der Waals surface area contributed by atoms with Crippen molar-refractivity contribution in [2.45, 2.75) is 245 Å². The van der Waals surface area contributed by atoms with Crippen molar-refractivity contribution >= 4 is 11.9 Å². The fourth-order valence-corrected chi connectivity index (χ4v) is 6.83. The molecule has 0 rings (SSSR count). The van der Waals surface area contributed by atoms with Gasteiger partial charge >= 0.3 is 11.9 Å². The number of unbranched alkanes of at least 4 members (excludes halogenated alkanes) is 24. The van der Waals surface area contributed by atoms with Gasteiger partial charge in [0.25, 0.3) is 0 Å². The molecule has 336 valence electrons. The quantitative estimate of drug-likeness (QED) is 0.0348. The number of carbonyl (C=O) groups excluding carboxylic acids is 2. The number of esters is 2. The molecule has 0 spiro atoms. The summed E-state index contributed by atoms with van der Waals surface area (Å²) in [4.78, 5) is 25.3. The number of allylic oxidation sites excluding steroid dienone is 10. The van der Waals surface area contributed by atoms with Crippen LogP contribution in [0.4, 0.5) is 0 Å². The molecule has 0 N–H and O–H groups in total. The number of hydrogen-bond acceptors (Lipinski definition) is 5. The van der Waals surface area contributed by atoms with Crippen LogP contribution >= 0.6 is 0 Å². The van der Waals surface area contributed by atoms with Crippen LogP contribution in [-0.2, 0) is 23.8 Å². The second-order valence-electron chi connectivity index (χ2n) is 16.3. The molecular formula is C53H94O5. The molecule has 0 aromatic carbocycles. The standard InChI is InChI=1S/C53H94O5/c1-4-7-10-13-16-19-22-24-25-26-27-28-30-33-36-39-42-45-48-56-49-51(58-53(55)47-44-41-38-35-31-21-18-15-12-9-6-3)50-57-52(54)46-43-40-37-34-32-29-23-20-17-14-11-8-5-2/h7,10,15-16,18-19,24-25,27-28,51H,4-6,8-9,11-14,17,20-23,26,29-50H2,1-3H3/b10-7-,18-15-,19-16-,25-24-,28-27-. The van der Waals surface area contributed by atoms with Crippen LogP contribution in [0.2, 0.25) is 0 Å². The summed E-state index contributed by atoms with van der Waals surface area (Å²) in [7, 11) is 0. The molecule has 0 saturated carbocycles. The Morgan fingerprint density at radius 2 is 0.793 bits per heavy atom. The molecule has 1 atom stereocenters. The molecule has 0 aliphatic heterocycles. The summed E-state index contributed by atoms with van der Waals surface area (Å²) in [6.07, 6.45) is 60.8. The van der Waals surface area contributed by atoms with Crippen LogP contribution in [0, 0.1) is 0 Å². The van der Waals surface area contributed by atoms with E-state index < -0.39 is 6.10 Å². The van der Waals surface area contributed by atoms with E-state index in [1.807, 2.05) is 0 Å². The van der Waals surface area contributed by atoms with Crippen molar-refractivity contribution in [1.29, 1.82) is 0 Å². The maximum absolute atomic E-state index is 12.7. The summed E-state index contributed by atoms with van der Waals surface area (Å²) < 4.78 is 17.3. The molecule has 1 unspecified atom stereocenters. The van der Waals surface area contributed by atoms with E-state index in [0.29, 0.717) is 19.4 Å². The van der Waals surface area contributed by atoms with Gasteiger partial charge in [-0.2, -0.15) is 0 Å². The van der Waals surface area contributed by atoms with Crippen LogP contribution in [0.25, 0.3) is 0 Å². The van der Waals surface area contributed by atoms with Gasteiger partial charge in [-0.25, -0.2) is 0 Å². The van der Waals surface area contributed by atoms with E-state index in [2.05, 4.69) is 81.5 Å². The zero-order chi connectivity index (χ0) is 42.1. The first-order valence-corrected chi connectivity index (χ1v) is 24.8. The van der Waals surface area contributed by atoms with Gasteiger partial charge in [0, 0.05) is 19.4 Å². The molecular weight excluding hydrogens is 717 g/mol. The lowest BCUT2D eigenvalue weighted by Crippen LogP contribution is -2.30. The first-order chi connectivity index (χ1) is 28.6. The van der Waals surface area contributed by atoms with Crippen LogP contribution in [0.15, 0.2) is 60.8 Å². The van der Waals surface area contributed by atoms with E-state index in [1.165, 1.54) is 122 Å². The van der Waals surface area contributed by atoms with Gasteiger partial charge in [0.15, 0.2) is 6.10 Å². The summed E-state index contributed by atoms with van der Waals surface area (Å²) >= 11 is 0. The van der Waals surface area contributed by atoms with Crippen molar-refractivity contribution in [3.63, 3.8) is 0 Å². The SMILES string of the molecule is CC/C=C\C/C=C\C/C=C\C/C=C\CCCCCCCOCC(COC(=O)CCCCCCCCCCCCCCC)OC(=O)CCCCCCC/C=C\CCCC. The van der Waals surface area contributed by atoms with Crippen molar-refractivity contribution < 1.29 is 23.8 Å². The van der Waals surface area contributed by atoms with Crippen LogP contribution in [0.3, 0.4) is 0 Å². The Hall–Kier alpha value is -2.40. The van der Waals surface area contributed by atoms with E-state index in [0.717, 1.165) is 83.5 Å². The molecule has 0 fully saturated rings. The van der Waals surface area contributed by atoms with E-state index in [4.69, 9.17) is 14.2 Å². The van der Waals surface area contributed by atoms with Crippen molar-refractivity contribution in [3.8, 4) is 0 Å². The highest BCUT2D eigenvalue weighted by Crippen LogP contribution is 2.14. The third kappa shape index (κ3) is 46.3. The maximum atomic E-state index is 12.7. The molecule has 0 aliphatic rings. The maximum Gasteiger partial charge on any atom is 0.306 e. The number of hydrogen-bond donors (Lipinski definition) is 0. The fourth-order valence-electron chi connectivity index (χ4n) is 6.83. The van der Waals surface area contributed by atoms with Crippen molar-refractivity contribution in [1.82, 2.24) is 0 Å². The molecule has 0 heterocycles. The van der Waals surface area contributed by atoms with Crippen molar-refractivity contribution in [3.05, 3.63) is 60.8 Å². The third-order valence-corrected chi connectivity index (χ3v) is 10.5. The molecule has 0 saturated heterocycles. The molecule has 0 radical (unpaired) electrons. The highest BCUT2D eigenvalue weighted by Gasteiger charge is 2.17. The number of carbonyl (C=O) groups is 2. The van der Waals surface area contributed by atoms with Gasteiger partial charge in [0.1, 0.15) is 6.61 Å². The van der Waals surface area contributed by atoms with E-state index in [-0.39, 0.29) is 25.2 Å². The van der Waals surface area contributed by atoms with Crippen LogP contribution in [0.1, 0.15) is 239 Å². The topological polar surface area (TPSA) is 61.8 Å². The lowest BCUT2D eigenvalue weighted by Gasteiger charge is -2.18. The van der Waals surface area contributed by atoms with Crippen LogP contribution in [-0.4, -0.2) is 37.9 Å². The summed E-state index contributed by atoms with van der Waals surface area (Å²) in [5.41, 5.74) is 0. The molecule has 5 nitrogen and oxygen atoms in total. The Morgan fingerprint density at radius 1 is 0.397 bits per heavy atom. The van der Waals surface area contributed by atoms with Gasteiger partial charge in [-0.15, -0.1) is 0 Å². The molecule has 0 amide bonds. The van der Waals surface area contributed by atoms with Crippen molar-refractivity contribution in [2.75, 3.05) is 19.8 Å². The largest absolute Gasteiger partial charge is 0.462 e. The van der Waals surface area contributed by atoms with E-state index in [9.17, 15) is 9.59 Å². The minimum absolute atomic E-state index is 0.0755. The molecule has 0 aliphatic carbocycles. The van der Waals surface area contributed by atoms with Crippen molar-refractivity contribution in [2.24, 2.45) is 0 Å². The normalized spacial score (nSPS) is 12.7. The average Bonchev–Trinajstić information content (AvgIpc) is 3.22. The smallest absolute Gasteiger partial charge is 0.306 e. The molecule has 5 heteroatoms. The molecule has 0 aromatic rings. The first-order valence-electron chi connectivity index (χ1n) is 24.8. The highest BCUT2D eigenvalue weighted by atomic mass is 16.6. The monoisotopic (exact) mass is 811 g/mol. The first kappa shape index (κ1) is 55.6. The second-order valence-corrected chi connectivity index (χ2v) is 16.3. The Balaban J connectivity index is 4.27. The van der Waals surface area contributed by atoms with Gasteiger partial charge in [-0.3, -0.25) is 9.59 Å². The fraction of sp³-hybridized carbons (Fsp3) is 0.774. The predicted molar refractivity (Wildman–Crippen MR) is 251 cm³/mol. The molecule has 0 aromatic heterocycles. The Labute approximate surface area is 360 Å². The van der Waals surface area contributed by atoms with E-state index in [1.54, 1.807) is 0 Å². The minimum Gasteiger partial charge on any atom is -0.462 e. The van der Waals surface area contributed by atoms with Gasteiger partial charge in [-0.1, -0.05) is 210 Å². The second kappa shape index (κ2) is 49.0. The highest BCUT2D eigenvalue weighted by molar-refractivity contribution is 5.70. The van der Waals surface area contributed by atoms with Gasteiger partial charge in [0.2, 0.25) is 0 Å². The van der Waals surface area contributed by atoms with Crippen LogP contribution in [0.5, 0.6) is 0 Å². The number of ether oxygens (including phenoxy) is 3. The molecule has 0 bridgehead atoms. The Morgan fingerprint density at radius 3 is 1.31 bits per heavy atom. The van der Waals surface area contributed by atoms with Crippen LogP contribution < -0.4 is 0 Å². The Bertz CT molecular complexity index is 1010. The lowest BCUT2D eigenvalue weighted by atomic mass is 10.0. The average molecular weight is 811 g/mol. The zero-order valence-electron chi connectivity index (χ0n) is 38.6. The summed E-state index contributed by atoms with van der Waals surface area (Å²) in [5, 5.41) is 0. The lowest BCUT2D eigenvalue weighted by molar-refractivity contribution is -0.163. The minimum atomic E-state index is -0.548. The Kier molecular flexibility index (Phi) is 46.9. The summed E-state index contributed by atoms with van der Waals surface area (Å²) in [6.45, 7) is 7.64. The third-order valence-electron chi connectivity index (χ3n) is 10.5. The predicted octanol–water partition coefficient (Wildman–Crippen LogP) is 16.6. The van der Waals surface area contributed by atoms with Gasteiger partial charge < -0.3 is 14.2 Å². The zero-order valence-corrected chi connectivity index (χ0v) is 38.6.